The zero-order valence-electron chi connectivity index (χ0n) is 13.2. The molecule has 2 rings (SSSR count). The van der Waals surface area contributed by atoms with Gasteiger partial charge in [0, 0.05) is 23.7 Å². The quantitative estimate of drug-likeness (QED) is 0.667. The van der Waals surface area contributed by atoms with Crippen molar-refractivity contribution < 1.29 is 14.3 Å². The van der Waals surface area contributed by atoms with Gasteiger partial charge in [0.05, 0.1) is 0 Å². The third-order valence-corrected chi connectivity index (χ3v) is 3.21. The number of amides is 1. The Morgan fingerprint density at radius 2 is 1.70 bits per heavy atom. The lowest BCUT2D eigenvalue weighted by atomic mass is 10.1. The van der Waals surface area contributed by atoms with Gasteiger partial charge in [-0.2, -0.15) is 0 Å². The van der Waals surface area contributed by atoms with Crippen molar-refractivity contribution in [3.63, 3.8) is 0 Å². The van der Waals surface area contributed by atoms with Crippen LogP contribution in [0.25, 0.3) is 0 Å². The molecule has 0 aromatic heterocycles. The molecule has 2 aromatic rings. The molecular formula is C19H19NO3. The minimum absolute atomic E-state index is 0.208. The fourth-order valence-electron chi connectivity index (χ4n) is 2.20. The van der Waals surface area contributed by atoms with Crippen LogP contribution in [0.1, 0.15) is 35.9 Å². The van der Waals surface area contributed by atoms with Gasteiger partial charge in [-0.15, -0.1) is 0 Å². The van der Waals surface area contributed by atoms with Gasteiger partial charge in [-0.1, -0.05) is 42.5 Å². The third-order valence-electron chi connectivity index (χ3n) is 3.21. The zero-order valence-corrected chi connectivity index (χ0v) is 13.2. The van der Waals surface area contributed by atoms with Crippen molar-refractivity contribution in [1.29, 1.82) is 0 Å². The van der Waals surface area contributed by atoms with E-state index in [-0.39, 0.29) is 11.9 Å². The van der Waals surface area contributed by atoms with Crippen molar-refractivity contribution in [3.05, 3.63) is 77.9 Å². The van der Waals surface area contributed by atoms with E-state index in [1.165, 1.54) is 6.92 Å². The molecule has 0 saturated heterocycles. The number of carbonyl (C=O) groups is 2. The minimum Gasteiger partial charge on any atom is -0.453 e. The van der Waals surface area contributed by atoms with E-state index >= 15 is 0 Å². The van der Waals surface area contributed by atoms with Crippen molar-refractivity contribution >= 4 is 17.6 Å². The smallest absolute Gasteiger partial charge is 0.303 e. The number of allylic oxidation sites excluding steroid dienone is 1. The van der Waals surface area contributed by atoms with Gasteiger partial charge in [-0.05, 0) is 31.2 Å². The van der Waals surface area contributed by atoms with Crippen molar-refractivity contribution in [2.45, 2.75) is 20.0 Å². The molecule has 0 spiro atoms. The van der Waals surface area contributed by atoms with E-state index in [1.54, 1.807) is 24.3 Å². The Kier molecular flexibility index (Phi) is 5.69. The maximum absolute atomic E-state index is 12.3. The summed E-state index contributed by atoms with van der Waals surface area (Å²) in [6.07, 6.45) is 3.04. The topological polar surface area (TPSA) is 55.4 Å². The van der Waals surface area contributed by atoms with Crippen LogP contribution in [0.15, 0.2) is 66.7 Å². The molecule has 118 valence electrons. The molecule has 0 saturated carbocycles. The number of carbonyl (C=O) groups excluding carboxylic acids is 2. The molecule has 0 aliphatic rings. The summed E-state index contributed by atoms with van der Waals surface area (Å²) >= 11 is 0. The van der Waals surface area contributed by atoms with Crippen molar-refractivity contribution in [2.75, 3.05) is 5.32 Å². The van der Waals surface area contributed by atoms with Crippen LogP contribution in [0.4, 0.5) is 5.69 Å². The summed E-state index contributed by atoms with van der Waals surface area (Å²) in [5.41, 5.74) is 1.91. The summed E-state index contributed by atoms with van der Waals surface area (Å²) in [5.74, 6) is -0.586. The van der Waals surface area contributed by atoms with Crippen LogP contribution in [0, 0.1) is 0 Å². The molecule has 23 heavy (non-hydrogen) atoms. The number of benzene rings is 2. The standard InChI is InChI=1S/C19H19NO3/c1-3-9-18(23-14(2)21)16-12-7-8-13-17(16)20-19(22)15-10-5-4-6-11-15/h3-13,18H,1-2H3,(H,20,22)/b9-3+. The lowest BCUT2D eigenvalue weighted by molar-refractivity contribution is -0.144. The lowest BCUT2D eigenvalue weighted by Gasteiger charge is -2.18. The van der Waals surface area contributed by atoms with Gasteiger partial charge in [0.2, 0.25) is 0 Å². The van der Waals surface area contributed by atoms with E-state index in [0.29, 0.717) is 11.3 Å². The summed E-state index contributed by atoms with van der Waals surface area (Å²) < 4.78 is 5.33. The van der Waals surface area contributed by atoms with Gasteiger partial charge in [0.1, 0.15) is 6.10 Å². The normalized spacial score (nSPS) is 11.9. The molecule has 2 aromatic carbocycles. The zero-order chi connectivity index (χ0) is 16.7. The average molecular weight is 309 g/mol. The van der Waals surface area contributed by atoms with Crippen LogP contribution in [0.5, 0.6) is 0 Å². The van der Waals surface area contributed by atoms with Gasteiger partial charge in [-0.25, -0.2) is 0 Å². The highest BCUT2D eigenvalue weighted by molar-refractivity contribution is 6.04. The SMILES string of the molecule is C/C=C/C(OC(C)=O)c1ccccc1NC(=O)c1ccccc1. The van der Waals surface area contributed by atoms with Crippen molar-refractivity contribution in [2.24, 2.45) is 0 Å². The van der Waals surface area contributed by atoms with Crippen LogP contribution < -0.4 is 5.32 Å². The number of para-hydroxylation sites is 1. The molecule has 0 aliphatic heterocycles. The summed E-state index contributed by atoms with van der Waals surface area (Å²) in [4.78, 5) is 23.6. The Balaban J connectivity index is 2.29. The second-order valence-electron chi connectivity index (χ2n) is 4.96. The molecule has 1 N–H and O–H groups in total. The van der Waals surface area contributed by atoms with Gasteiger partial charge >= 0.3 is 5.97 Å². The summed E-state index contributed by atoms with van der Waals surface area (Å²) in [6.45, 7) is 3.21. The largest absolute Gasteiger partial charge is 0.453 e. The van der Waals surface area contributed by atoms with E-state index in [1.807, 2.05) is 49.4 Å². The number of esters is 1. The Hall–Kier alpha value is -2.88. The maximum Gasteiger partial charge on any atom is 0.303 e. The Bertz CT molecular complexity index is 708. The van der Waals surface area contributed by atoms with Crippen LogP contribution in [0.2, 0.25) is 0 Å². The highest BCUT2D eigenvalue weighted by atomic mass is 16.5. The molecule has 0 fully saturated rings. The fourth-order valence-corrected chi connectivity index (χ4v) is 2.20. The van der Waals surface area contributed by atoms with Gasteiger partial charge in [0.25, 0.3) is 5.91 Å². The van der Waals surface area contributed by atoms with Gasteiger partial charge in [0.15, 0.2) is 0 Å². The molecule has 4 nitrogen and oxygen atoms in total. The first-order valence-electron chi connectivity index (χ1n) is 7.37. The Morgan fingerprint density at radius 3 is 2.35 bits per heavy atom. The monoisotopic (exact) mass is 309 g/mol. The number of rotatable bonds is 5. The first kappa shape index (κ1) is 16.5. The highest BCUT2D eigenvalue weighted by Crippen LogP contribution is 2.27. The molecule has 0 bridgehead atoms. The summed E-state index contributed by atoms with van der Waals surface area (Å²) in [5, 5.41) is 2.87. The molecule has 0 heterocycles. The molecule has 1 atom stereocenters. The first-order chi connectivity index (χ1) is 11.1. The molecule has 1 amide bonds. The summed E-state index contributed by atoms with van der Waals surface area (Å²) in [6, 6.07) is 16.2. The lowest BCUT2D eigenvalue weighted by Crippen LogP contribution is -2.15. The van der Waals surface area contributed by atoms with E-state index < -0.39 is 6.10 Å². The maximum atomic E-state index is 12.3. The summed E-state index contributed by atoms with van der Waals surface area (Å²) in [7, 11) is 0. The number of hydrogen-bond acceptors (Lipinski definition) is 3. The van der Waals surface area contributed by atoms with E-state index in [2.05, 4.69) is 5.32 Å². The molecule has 0 radical (unpaired) electrons. The predicted octanol–water partition coefficient (Wildman–Crippen LogP) is 4.12. The van der Waals surface area contributed by atoms with Crippen molar-refractivity contribution in [3.8, 4) is 0 Å². The molecule has 0 aliphatic carbocycles. The number of nitrogens with one attached hydrogen (secondary N) is 1. The first-order valence-corrected chi connectivity index (χ1v) is 7.37. The Labute approximate surface area is 135 Å². The molecule has 1 unspecified atom stereocenters. The minimum atomic E-state index is -0.537. The van der Waals surface area contributed by atoms with Crippen molar-refractivity contribution in [1.82, 2.24) is 0 Å². The fraction of sp³-hybridized carbons (Fsp3) is 0.158. The number of ether oxygens (including phenoxy) is 1. The van der Waals surface area contributed by atoms with E-state index in [4.69, 9.17) is 4.74 Å². The van der Waals surface area contributed by atoms with Crippen LogP contribution >= 0.6 is 0 Å². The Morgan fingerprint density at radius 1 is 1.04 bits per heavy atom. The second-order valence-corrected chi connectivity index (χ2v) is 4.96. The van der Waals surface area contributed by atoms with Crippen LogP contribution in [0.3, 0.4) is 0 Å². The third kappa shape index (κ3) is 4.54. The number of anilines is 1. The van der Waals surface area contributed by atoms with Crippen LogP contribution in [-0.2, 0) is 9.53 Å². The second kappa shape index (κ2) is 7.94. The van der Waals surface area contributed by atoms with Gasteiger partial charge in [-0.3, -0.25) is 9.59 Å². The average Bonchev–Trinajstić information content (AvgIpc) is 2.55. The van der Waals surface area contributed by atoms with E-state index in [0.717, 1.165) is 5.56 Å². The van der Waals surface area contributed by atoms with Crippen LogP contribution in [-0.4, -0.2) is 11.9 Å². The molecular weight excluding hydrogens is 290 g/mol. The van der Waals surface area contributed by atoms with E-state index in [9.17, 15) is 9.59 Å². The highest BCUT2D eigenvalue weighted by Gasteiger charge is 2.17. The predicted molar refractivity (Wildman–Crippen MR) is 90.2 cm³/mol. The van der Waals surface area contributed by atoms with Gasteiger partial charge < -0.3 is 10.1 Å². The molecule has 4 heteroatoms. The number of hydrogen-bond donors (Lipinski definition) is 1.